The standard InChI is InChI=1S/C10H20O3S/c1-3-5-6-14-8-9(11)7-10(12)13-4-2/h9,11H,3-8H2,1-2H3. The minimum absolute atomic E-state index is 0.118. The number of ether oxygens (including phenoxy) is 1. The van der Waals surface area contributed by atoms with Crippen molar-refractivity contribution in [1.82, 2.24) is 0 Å². The summed E-state index contributed by atoms with van der Waals surface area (Å²) in [4.78, 5) is 11.0. The van der Waals surface area contributed by atoms with Crippen LogP contribution in [0.1, 0.15) is 33.1 Å². The Kier molecular flexibility index (Phi) is 9.19. The van der Waals surface area contributed by atoms with Crippen molar-refractivity contribution >= 4 is 17.7 Å². The molecule has 0 heterocycles. The van der Waals surface area contributed by atoms with Crippen LogP contribution >= 0.6 is 11.8 Å². The van der Waals surface area contributed by atoms with Crippen molar-refractivity contribution < 1.29 is 14.6 Å². The van der Waals surface area contributed by atoms with Crippen molar-refractivity contribution in [1.29, 1.82) is 0 Å². The predicted molar refractivity (Wildman–Crippen MR) is 59.5 cm³/mol. The van der Waals surface area contributed by atoms with Crippen molar-refractivity contribution in [2.24, 2.45) is 0 Å². The Morgan fingerprint density at radius 2 is 2.21 bits per heavy atom. The van der Waals surface area contributed by atoms with Gasteiger partial charge in [0.25, 0.3) is 0 Å². The van der Waals surface area contributed by atoms with Crippen LogP contribution in [-0.2, 0) is 9.53 Å². The highest BCUT2D eigenvalue weighted by Crippen LogP contribution is 2.08. The summed E-state index contributed by atoms with van der Waals surface area (Å²) in [5.41, 5.74) is 0. The molecule has 1 unspecified atom stereocenters. The normalized spacial score (nSPS) is 12.5. The number of thioether (sulfide) groups is 1. The summed E-state index contributed by atoms with van der Waals surface area (Å²) in [5, 5.41) is 9.42. The number of hydrogen-bond donors (Lipinski definition) is 1. The van der Waals surface area contributed by atoms with Crippen molar-refractivity contribution in [2.75, 3.05) is 18.1 Å². The first-order chi connectivity index (χ1) is 6.70. The van der Waals surface area contributed by atoms with Gasteiger partial charge in [0.15, 0.2) is 0 Å². The lowest BCUT2D eigenvalue weighted by molar-refractivity contribution is -0.144. The summed E-state index contributed by atoms with van der Waals surface area (Å²) >= 11 is 1.69. The van der Waals surface area contributed by atoms with E-state index in [1.165, 1.54) is 6.42 Å². The van der Waals surface area contributed by atoms with E-state index in [1.54, 1.807) is 18.7 Å². The lowest BCUT2D eigenvalue weighted by atomic mass is 10.3. The Morgan fingerprint density at radius 1 is 1.50 bits per heavy atom. The molecule has 0 aliphatic heterocycles. The van der Waals surface area contributed by atoms with E-state index in [0.29, 0.717) is 12.4 Å². The van der Waals surface area contributed by atoms with Gasteiger partial charge < -0.3 is 9.84 Å². The first-order valence-corrected chi connectivity index (χ1v) is 6.27. The van der Waals surface area contributed by atoms with Gasteiger partial charge >= 0.3 is 5.97 Å². The van der Waals surface area contributed by atoms with E-state index < -0.39 is 6.10 Å². The van der Waals surface area contributed by atoms with Gasteiger partial charge in [-0.1, -0.05) is 13.3 Å². The van der Waals surface area contributed by atoms with E-state index in [0.717, 1.165) is 12.2 Å². The SMILES string of the molecule is CCCCSCC(O)CC(=O)OCC. The molecule has 0 aromatic carbocycles. The van der Waals surface area contributed by atoms with Crippen LogP contribution in [0.15, 0.2) is 0 Å². The Hall–Kier alpha value is -0.220. The van der Waals surface area contributed by atoms with Crippen molar-refractivity contribution in [2.45, 2.75) is 39.2 Å². The second-order valence-corrected chi connectivity index (χ2v) is 4.24. The molecule has 0 aromatic heterocycles. The third-order valence-electron chi connectivity index (χ3n) is 1.66. The molecule has 3 nitrogen and oxygen atoms in total. The molecule has 84 valence electrons. The quantitative estimate of drug-likeness (QED) is 0.501. The maximum atomic E-state index is 11.0. The predicted octanol–water partition coefficient (Wildman–Crippen LogP) is 1.83. The molecular formula is C10H20O3S. The largest absolute Gasteiger partial charge is 0.466 e. The van der Waals surface area contributed by atoms with Crippen LogP contribution in [0.4, 0.5) is 0 Å². The van der Waals surface area contributed by atoms with E-state index in [1.807, 2.05) is 0 Å². The first kappa shape index (κ1) is 13.8. The number of hydrogen-bond acceptors (Lipinski definition) is 4. The number of esters is 1. The number of unbranched alkanes of at least 4 members (excludes halogenated alkanes) is 1. The fraction of sp³-hybridized carbons (Fsp3) is 0.900. The number of carbonyl (C=O) groups excluding carboxylic acids is 1. The molecule has 0 rings (SSSR count). The minimum atomic E-state index is -0.559. The highest BCUT2D eigenvalue weighted by Gasteiger charge is 2.10. The summed E-state index contributed by atoms with van der Waals surface area (Å²) in [6.07, 6.45) is 1.89. The van der Waals surface area contributed by atoms with Crippen LogP contribution in [0.25, 0.3) is 0 Å². The zero-order valence-corrected chi connectivity index (χ0v) is 9.81. The number of carbonyl (C=O) groups is 1. The highest BCUT2D eigenvalue weighted by molar-refractivity contribution is 7.99. The fourth-order valence-electron chi connectivity index (χ4n) is 0.937. The Bertz CT molecular complexity index is 150. The van der Waals surface area contributed by atoms with Crippen LogP contribution in [-0.4, -0.2) is 35.3 Å². The van der Waals surface area contributed by atoms with Gasteiger partial charge in [0.2, 0.25) is 0 Å². The third kappa shape index (κ3) is 8.38. The van der Waals surface area contributed by atoms with Crippen LogP contribution < -0.4 is 0 Å². The number of aliphatic hydroxyl groups is 1. The Labute approximate surface area is 90.2 Å². The Balaban J connectivity index is 3.35. The minimum Gasteiger partial charge on any atom is -0.466 e. The molecule has 0 saturated carbocycles. The summed E-state index contributed by atoms with van der Waals surface area (Å²) < 4.78 is 4.73. The molecular weight excluding hydrogens is 200 g/mol. The van der Waals surface area contributed by atoms with E-state index in [2.05, 4.69) is 6.92 Å². The summed E-state index contributed by atoms with van der Waals surface area (Å²) in [5.74, 6) is 1.37. The van der Waals surface area contributed by atoms with E-state index in [-0.39, 0.29) is 12.4 Å². The van der Waals surface area contributed by atoms with Gasteiger partial charge in [-0.2, -0.15) is 11.8 Å². The lowest BCUT2D eigenvalue weighted by Crippen LogP contribution is -2.18. The lowest BCUT2D eigenvalue weighted by Gasteiger charge is -2.08. The molecule has 0 bridgehead atoms. The molecule has 14 heavy (non-hydrogen) atoms. The van der Waals surface area contributed by atoms with Gasteiger partial charge in [-0.15, -0.1) is 0 Å². The van der Waals surface area contributed by atoms with Crippen LogP contribution in [0.3, 0.4) is 0 Å². The van der Waals surface area contributed by atoms with Gasteiger partial charge in [-0.25, -0.2) is 0 Å². The molecule has 1 N–H and O–H groups in total. The summed E-state index contributed by atoms with van der Waals surface area (Å²) in [7, 11) is 0. The molecule has 0 fully saturated rings. The second-order valence-electron chi connectivity index (χ2n) is 3.09. The average Bonchev–Trinajstić information content (AvgIpc) is 2.13. The average molecular weight is 220 g/mol. The van der Waals surface area contributed by atoms with Gasteiger partial charge in [0.05, 0.1) is 19.1 Å². The van der Waals surface area contributed by atoms with Crippen molar-refractivity contribution in [3.8, 4) is 0 Å². The molecule has 1 atom stereocenters. The van der Waals surface area contributed by atoms with Crippen molar-refractivity contribution in [3.63, 3.8) is 0 Å². The highest BCUT2D eigenvalue weighted by atomic mass is 32.2. The van der Waals surface area contributed by atoms with Crippen LogP contribution in [0.5, 0.6) is 0 Å². The topological polar surface area (TPSA) is 46.5 Å². The molecule has 0 radical (unpaired) electrons. The third-order valence-corrected chi connectivity index (χ3v) is 2.86. The maximum Gasteiger partial charge on any atom is 0.308 e. The zero-order valence-electron chi connectivity index (χ0n) is 8.99. The molecule has 0 aromatic rings. The smallest absolute Gasteiger partial charge is 0.308 e. The van der Waals surface area contributed by atoms with Gasteiger partial charge in [-0.05, 0) is 19.1 Å². The van der Waals surface area contributed by atoms with E-state index in [9.17, 15) is 9.90 Å². The molecule has 0 spiro atoms. The Morgan fingerprint density at radius 3 is 2.79 bits per heavy atom. The monoisotopic (exact) mass is 220 g/mol. The van der Waals surface area contributed by atoms with Crippen molar-refractivity contribution in [3.05, 3.63) is 0 Å². The fourth-order valence-corrected chi connectivity index (χ4v) is 1.99. The van der Waals surface area contributed by atoms with Crippen LogP contribution in [0, 0.1) is 0 Å². The number of aliphatic hydroxyl groups excluding tert-OH is 1. The van der Waals surface area contributed by atoms with Gasteiger partial charge in [-0.3, -0.25) is 4.79 Å². The van der Waals surface area contributed by atoms with Gasteiger partial charge in [0.1, 0.15) is 0 Å². The molecule has 0 aliphatic rings. The zero-order chi connectivity index (χ0) is 10.8. The molecule has 4 heteroatoms. The summed E-state index contributed by atoms with van der Waals surface area (Å²) in [6.45, 7) is 4.28. The first-order valence-electron chi connectivity index (χ1n) is 5.12. The maximum absolute atomic E-state index is 11.0. The summed E-state index contributed by atoms with van der Waals surface area (Å²) in [6, 6.07) is 0. The second kappa shape index (κ2) is 9.34. The van der Waals surface area contributed by atoms with Gasteiger partial charge in [0, 0.05) is 5.75 Å². The molecule has 0 amide bonds. The van der Waals surface area contributed by atoms with E-state index >= 15 is 0 Å². The molecule has 0 aliphatic carbocycles. The molecule has 0 saturated heterocycles. The van der Waals surface area contributed by atoms with Crippen LogP contribution in [0.2, 0.25) is 0 Å². The van der Waals surface area contributed by atoms with E-state index in [4.69, 9.17) is 4.74 Å². The number of rotatable bonds is 8.